The Balaban J connectivity index is 0.00000391. The Hall–Kier alpha value is -4.28. The molecule has 0 spiro atoms. The third-order valence-electron chi connectivity index (χ3n) is 5.67. The van der Waals surface area contributed by atoms with Crippen molar-refractivity contribution in [2.24, 2.45) is 0 Å². The van der Waals surface area contributed by atoms with Crippen LogP contribution in [0, 0.1) is 0 Å². The number of hydrogen-bond donors (Lipinski definition) is 4. The molecule has 0 saturated carbocycles. The minimum atomic E-state index is -1.33. The molecule has 0 radical (unpaired) electrons. The number of carbonyl (C=O) groups is 4. The van der Waals surface area contributed by atoms with E-state index in [0.717, 1.165) is 37.3 Å². The van der Waals surface area contributed by atoms with Gasteiger partial charge in [-0.15, -0.1) is 0 Å². The maximum Gasteiger partial charge on any atom is 0.414 e. The van der Waals surface area contributed by atoms with Crippen LogP contribution in [0.25, 0.3) is 0 Å². The number of nitrogens with zero attached hydrogens (tertiary/aromatic N) is 2. The van der Waals surface area contributed by atoms with Gasteiger partial charge >= 0.3 is 24.1 Å². The fourth-order valence-electron chi connectivity index (χ4n) is 3.78. The molecule has 0 bridgehead atoms. The first kappa shape index (κ1) is 33.7. The van der Waals surface area contributed by atoms with E-state index in [4.69, 9.17) is 14.9 Å². The summed E-state index contributed by atoms with van der Waals surface area (Å²) in [7, 11) is 1.67. The average Bonchev–Trinajstić information content (AvgIpc) is 2.95. The first-order valence-corrected chi connectivity index (χ1v) is 13.5. The topological polar surface area (TPSA) is 149 Å². The largest absolute Gasteiger partial charge is 0.481 e. The second-order valence-corrected chi connectivity index (χ2v) is 8.71. The van der Waals surface area contributed by atoms with Gasteiger partial charge in [0, 0.05) is 32.2 Å². The van der Waals surface area contributed by atoms with E-state index in [1.165, 1.54) is 4.90 Å². The number of carboxylic acid groups (broad SMARTS) is 2. The Morgan fingerprint density at radius 2 is 1.48 bits per heavy atom. The van der Waals surface area contributed by atoms with Crippen LogP contribution in [0.3, 0.4) is 0 Å². The van der Waals surface area contributed by atoms with Gasteiger partial charge in [-0.1, -0.05) is 52.0 Å². The molecule has 0 saturated heterocycles. The van der Waals surface area contributed by atoms with E-state index in [1.807, 2.05) is 38.1 Å². The summed E-state index contributed by atoms with van der Waals surface area (Å²) < 4.78 is 5.50. The van der Waals surface area contributed by atoms with Crippen molar-refractivity contribution in [1.82, 2.24) is 5.32 Å². The minimum Gasteiger partial charge on any atom is -0.481 e. The van der Waals surface area contributed by atoms with Crippen LogP contribution in [0.1, 0.15) is 58.9 Å². The Morgan fingerprint density at radius 1 is 0.900 bits per heavy atom. The van der Waals surface area contributed by atoms with Crippen LogP contribution in [-0.2, 0) is 20.9 Å². The van der Waals surface area contributed by atoms with Crippen LogP contribution in [-0.4, -0.2) is 60.5 Å². The van der Waals surface area contributed by atoms with Crippen LogP contribution < -0.4 is 20.4 Å². The van der Waals surface area contributed by atoms with E-state index in [1.54, 1.807) is 31.3 Å². The number of aliphatic carboxylic acids is 2. The molecule has 11 heteroatoms. The van der Waals surface area contributed by atoms with Crippen molar-refractivity contribution in [3.8, 4) is 0 Å². The fourth-order valence-corrected chi connectivity index (χ4v) is 3.78. The molecule has 1 atom stereocenters. The molecule has 0 aliphatic heterocycles. The van der Waals surface area contributed by atoms with Crippen LogP contribution in [0.2, 0.25) is 0 Å². The van der Waals surface area contributed by atoms with Crippen molar-refractivity contribution in [2.75, 3.05) is 35.3 Å². The van der Waals surface area contributed by atoms with E-state index in [0.29, 0.717) is 11.3 Å². The van der Waals surface area contributed by atoms with E-state index < -0.39 is 30.1 Å². The van der Waals surface area contributed by atoms with Gasteiger partial charge in [0.15, 0.2) is 0 Å². The van der Waals surface area contributed by atoms with Crippen molar-refractivity contribution in [3.05, 3.63) is 54.1 Å². The quantitative estimate of drug-likeness (QED) is 0.236. The zero-order valence-corrected chi connectivity index (χ0v) is 24.0. The third kappa shape index (κ3) is 11.2. The number of nitrogens with one attached hydrogen (secondary N) is 2. The van der Waals surface area contributed by atoms with Gasteiger partial charge in [0.05, 0.1) is 11.4 Å². The highest BCUT2D eigenvalue weighted by Gasteiger charge is 2.21. The molecule has 2 aromatic carbocycles. The highest BCUT2D eigenvalue weighted by atomic mass is 16.6. The number of rotatable bonds is 14. The molecule has 0 aromatic heterocycles. The maximum atomic E-state index is 12.8. The lowest BCUT2D eigenvalue weighted by Crippen LogP contribution is -2.43. The summed E-state index contributed by atoms with van der Waals surface area (Å²) in [5.41, 5.74) is 2.80. The van der Waals surface area contributed by atoms with Gasteiger partial charge in [-0.3, -0.25) is 9.69 Å². The summed E-state index contributed by atoms with van der Waals surface area (Å²) in [4.78, 5) is 50.6. The first-order valence-electron chi connectivity index (χ1n) is 13.5. The first-order chi connectivity index (χ1) is 19.2. The fraction of sp³-hybridized carbons (Fsp3) is 0.448. The van der Waals surface area contributed by atoms with Gasteiger partial charge in [0.2, 0.25) is 0 Å². The number of amides is 3. The number of urea groups is 1. The molecule has 1 unspecified atom stereocenters. The molecule has 11 nitrogen and oxygen atoms in total. The summed E-state index contributed by atoms with van der Waals surface area (Å²) in [5, 5.41) is 22.6. The molecule has 40 heavy (non-hydrogen) atoms. The van der Waals surface area contributed by atoms with Gasteiger partial charge in [0.25, 0.3) is 0 Å². The molecule has 0 aliphatic rings. The molecule has 2 aromatic rings. The Kier molecular flexibility index (Phi) is 15.3. The number of hydrogen-bond acceptors (Lipinski definition) is 6. The SMILES string of the molecule is CC.CCCN(CCC)c1ccccc1N(C)C(=O)OCc1ccc(NC(=O)NC(CCC(=O)O)C(=O)O)cc1. The lowest BCUT2D eigenvalue weighted by Gasteiger charge is -2.29. The van der Waals surface area contributed by atoms with Crippen LogP contribution in [0.4, 0.5) is 26.7 Å². The van der Waals surface area contributed by atoms with Crippen molar-refractivity contribution in [2.45, 2.75) is 66.0 Å². The highest BCUT2D eigenvalue weighted by Crippen LogP contribution is 2.29. The normalized spacial score (nSPS) is 10.8. The van der Waals surface area contributed by atoms with Gasteiger partial charge in [-0.2, -0.15) is 0 Å². The average molecular weight is 559 g/mol. The molecular formula is C29H42N4O7. The summed E-state index contributed by atoms with van der Waals surface area (Å²) in [6.07, 6.45) is 0.838. The predicted octanol–water partition coefficient (Wildman–Crippen LogP) is 5.55. The van der Waals surface area contributed by atoms with Crippen molar-refractivity contribution < 1.29 is 34.1 Å². The number of benzene rings is 2. The number of anilines is 3. The second kappa shape index (κ2) is 18.1. The summed E-state index contributed by atoms with van der Waals surface area (Å²) in [6, 6.07) is 12.1. The third-order valence-corrected chi connectivity index (χ3v) is 5.67. The molecule has 3 amide bonds. The Morgan fingerprint density at radius 3 is 2.00 bits per heavy atom. The van der Waals surface area contributed by atoms with Crippen LogP contribution in [0.5, 0.6) is 0 Å². The molecular weight excluding hydrogens is 516 g/mol. The van der Waals surface area contributed by atoms with E-state index in [9.17, 15) is 19.2 Å². The monoisotopic (exact) mass is 558 g/mol. The van der Waals surface area contributed by atoms with E-state index in [2.05, 4.69) is 29.4 Å². The Bertz CT molecular complexity index is 1090. The van der Waals surface area contributed by atoms with E-state index >= 15 is 0 Å². The zero-order valence-electron chi connectivity index (χ0n) is 24.0. The van der Waals surface area contributed by atoms with Crippen molar-refractivity contribution in [1.29, 1.82) is 0 Å². The molecule has 0 fully saturated rings. The summed E-state index contributed by atoms with van der Waals surface area (Å²) >= 11 is 0. The lowest BCUT2D eigenvalue weighted by molar-refractivity contribution is -0.140. The molecule has 0 heterocycles. The lowest BCUT2D eigenvalue weighted by atomic mass is 10.1. The zero-order chi connectivity index (χ0) is 30.1. The van der Waals surface area contributed by atoms with E-state index in [-0.39, 0.29) is 19.4 Å². The van der Waals surface area contributed by atoms with Gasteiger partial charge in [-0.05, 0) is 49.1 Å². The minimum absolute atomic E-state index is 0.0156. The molecule has 0 aliphatic carbocycles. The van der Waals surface area contributed by atoms with Crippen molar-refractivity contribution in [3.63, 3.8) is 0 Å². The molecule has 2 rings (SSSR count). The van der Waals surface area contributed by atoms with Gasteiger partial charge in [0.1, 0.15) is 12.6 Å². The van der Waals surface area contributed by atoms with Crippen LogP contribution in [0.15, 0.2) is 48.5 Å². The molecule has 220 valence electrons. The van der Waals surface area contributed by atoms with Crippen LogP contribution >= 0.6 is 0 Å². The highest BCUT2D eigenvalue weighted by molar-refractivity contribution is 5.93. The maximum absolute atomic E-state index is 12.8. The summed E-state index contributed by atoms with van der Waals surface area (Å²) in [6.45, 7) is 10.0. The van der Waals surface area contributed by atoms with Gasteiger partial charge in [-0.25, -0.2) is 14.4 Å². The summed E-state index contributed by atoms with van der Waals surface area (Å²) in [5.74, 6) is -2.48. The molecule has 4 N–H and O–H groups in total. The number of ether oxygens (including phenoxy) is 1. The smallest absolute Gasteiger partial charge is 0.414 e. The standard InChI is InChI=1S/C27H36N4O7.C2H6/c1-4-16-31(17-5-2)23-9-7-6-8-22(23)30(3)27(37)38-18-19-10-12-20(13-11-19)28-26(36)29-21(25(34)35)14-15-24(32)33;1-2/h6-13,21H,4-5,14-18H2,1-3H3,(H,32,33)(H,34,35)(H2,28,29,36);1-2H3. The predicted molar refractivity (Wildman–Crippen MR) is 156 cm³/mol. The Labute approximate surface area is 236 Å². The number of para-hydroxylation sites is 2. The number of carboxylic acids is 2. The second-order valence-electron chi connectivity index (χ2n) is 8.71. The van der Waals surface area contributed by atoms with Gasteiger partial charge < -0.3 is 30.5 Å². The number of carbonyl (C=O) groups excluding carboxylic acids is 2. The van der Waals surface area contributed by atoms with Crippen molar-refractivity contribution >= 4 is 41.1 Å².